The summed E-state index contributed by atoms with van der Waals surface area (Å²) in [7, 11) is 0. The quantitative estimate of drug-likeness (QED) is 0.609. The highest BCUT2D eigenvalue weighted by atomic mass is 35.5. The molecule has 2 aromatic carbocycles. The highest BCUT2D eigenvalue weighted by molar-refractivity contribution is 6.30. The van der Waals surface area contributed by atoms with Crippen LogP contribution in [0.2, 0.25) is 5.02 Å². The molecule has 0 aromatic heterocycles. The third-order valence-corrected chi connectivity index (χ3v) is 6.45. The molecule has 0 radical (unpaired) electrons. The lowest BCUT2D eigenvalue weighted by Crippen LogP contribution is -2.35. The number of rotatable bonds is 6. The fourth-order valence-corrected chi connectivity index (χ4v) is 4.55. The Hall–Kier alpha value is -1.88. The molecule has 0 unspecified atom stereocenters. The summed E-state index contributed by atoms with van der Waals surface area (Å²) < 4.78 is 11.2. The van der Waals surface area contributed by atoms with E-state index in [1.807, 2.05) is 24.3 Å². The van der Waals surface area contributed by atoms with Crippen LogP contribution in [0.5, 0.6) is 0 Å². The Morgan fingerprint density at radius 3 is 2.23 bits per heavy atom. The first-order valence-corrected chi connectivity index (χ1v) is 11.4. The molecule has 160 valence electrons. The van der Waals surface area contributed by atoms with Crippen LogP contribution in [0, 0.1) is 0 Å². The number of halogens is 1. The molecule has 4 rings (SSSR count). The smallest absolute Gasteiger partial charge is 0.310 e. The Bertz CT molecular complexity index is 807. The van der Waals surface area contributed by atoms with Gasteiger partial charge in [0, 0.05) is 24.7 Å². The summed E-state index contributed by atoms with van der Waals surface area (Å²) in [6.45, 7) is 4.71. The molecule has 4 nitrogen and oxygen atoms in total. The molecule has 5 heteroatoms. The highest BCUT2D eigenvalue weighted by Gasteiger charge is 2.25. The first-order valence-electron chi connectivity index (χ1n) is 11.0. The van der Waals surface area contributed by atoms with Crippen molar-refractivity contribution in [3.63, 3.8) is 0 Å². The fraction of sp³-hybridized carbons (Fsp3) is 0.480. The number of hydrogen-bond acceptors (Lipinski definition) is 4. The average Bonchev–Trinajstić information content (AvgIpc) is 2.77. The van der Waals surface area contributed by atoms with Gasteiger partial charge >= 0.3 is 5.97 Å². The summed E-state index contributed by atoms with van der Waals surface area (Å²) in [6, 6.07) is 16.5. The van der Waals surface area contributed by atoms with E-state index < -0.39 is 0 Å². The van der Waals surface area contributed by atoms with Crippen LogP contribution in [-0.4, -0.2) is 43.3 Å². The third kappa shape index (κ3) is 6.07. The van der Waals surface area contributed by atoms with Crippen LogP contribution in [0.25, 0.3) is 0 Å². The number of carbonyl (C=O) groups excluding carboxylic acids is 1. The zero-order chi connectivity index (χ0) is 20.8. The highest BCUT2D eigenvalue weighted by Crippen LogP contribution is 2.34. The molecular weight excluding hydrogens is 398 g/mol. The van der Waals surface area contributed by atoms with Crippen molar-refractivity contribution in [1.82, 2.24) is 4.90 Å². The summed E-state index contributed by atoms with van der Waals surface area (Å²) in [4.78, 5) is 14.7. The number of nitrogens with zero attached hydrogens (tertiary/aromatic N) is 1. The number of benzene rings is 2. The molecule has 0 atom stereocenters. The van der Waals surface area contributed by atoms with Gasteiger partial charge in [0.25, 0.3) is 0 Å². The molecule has 1 saturated carbocycles. The molecule has 30 heavy (non-hydrogen) atoms. The Balaban J connectivity index is 1.22. The topological polar surface area (TPSA) is 38.8 Å². The van der Waals surface area contributed by atoms with E-state index in [1.54, 1.807) is 0 Å². The minimum absolute atomic E-state index is 0.0432. The fourth-order valence-electron chi connectivity index (χ4n) is 4.42. The van der Waals surface area contributed by atoms with E-state index in [9.17, 15) is 4.79 Å². The van der Waals surface area contributed by atoms with Gasteiger partial charge in [-0.15, -0.1) is 0 Å². The number of carbonyl (C=O) groups is 1. The van der Waals surface area contributed by atoms with Crippen molar-refractivity contribution in [3.8, 4) is 0 Å². The maximum Gasteiger partial charge on any atom is 0.310 e. The summed E-state index contributed by atoms with van der Waals surface area (Å²) in [5, 5.41) is 0.680. The Kier molecular flexibility index (Phi) is 7.42. The normalized spacial score (nSPS) is 22.6. The zero-order valence-corrected chi connectivity index (χ0v) is 18.2. The summed E-state index contributed by atoms with van der Waals surface area (Å²) in [6.07, 6.45) is 4.37. The SMILES string of the molecule is O=C(Cc1ccc(Cl)cc1)OC1CCC(c2ccc(CN3CCOCC3)cc2)CC1. The van der Waals surface area contributed by atoms with Gasteiger partial charge in [0.15, 0.2) is 0 Å². The molecule has 1 aliphatic carbocycles. The Labute approximate surface area is 184 Å². The molecule has 2 fully saturated rings. The van der Waals surface area contributed by atoms with Crippen molar-refractivity contribution >= 4 is 17.6 Å². The lowest BCUT2D eigenvalue weighted by atomic mass is 9.82. The lowest BCUT2D eigenvalue weighted by molar-refractivity contribution is -0.149. The minimum atomic E-state index is -0.145. The van der Waals surface area contributed by atoms with E-state index in [-0.39, 0.29) is 12.1 Å². The summed E-state index contributed by atoms with van der Waals surface area (Å²) >= 11 is 5.90. The molecule has 0 bridgehead atoms. The van der Waals surface area contributed by atoms with Gasteiger partial charge in [0.2, 0.25) is 0 Å². The van der Waals surface area contributed by atoms with Crippen LogP contribution in [0.1, 0.15) is 48.3 Å². The number of esters is 1. The minimum Gasteiger partial charge on any atom is -0.462 e. The van der Waals surface area contributed by atoms with E-state index in [4.69, 9.17) is 21.1 Å². The third-order valence-electron chi connectivity index (χ3n) is 6.20. The van der Waals surface area contributed by atoms with Crippen LogP contribution in [-0.2, 0) is 27.2 Å². The Morgan fingerprint density at radius 2 is 1.57 bits per heavy atom. The molecule has 2 aromatic rings. The number of morpholine rings is 1. The second-order valence-electron chi connectivity index (χ2n) is 8.40. The molecule has 0 amide bonds. The molecular formula is C25H30ClNO3. The standard InChI is InChI=1S/C25H30ClNO3/c26-23-9-3-19(4-10-23)17-25(28)30-24-11-7-22(8-12-24)21-5-1-20(2-6-21)18-27-13-15-29-16-14-27/h1-6,9-10,22,24H,7-8,11-18H2. The first kappa shape index (κ1) is 21.4. The molecule has 1 heterocycles. The van der Waals surface area contributed by atoms with Crippen molar-refractivity contribution in [2.24, 2.45) is 0 Å². The lowest BCUT2D eigenvalue weighted by Gasteiger charge is -2.29. The van der Waals surface area contributed by atoms with Gasteiger partial charge in [0.05, 0.1) is 19.6 Å². The predicted octanol–water partition coefficient (Wildman–Crippen LogP) is 4.98. The Morgan fingerprint density at radius 1 is 0.933 bits per heavy atom. The van der Waals surface area contributed by atoms with Gasteiger partial charge in [-0.05, 0) is 60.4 Å². The van der Waals surface area contributed by atoms with Crippen LogP contribution in [0.4, 0.5) is 0 Å². The number of hydrogen-bond donors (Lipinski definition) is 0. The van der Waals surface area contributed by atoms with Gasteiger partial charge in [-0.1, -0.05) is 48.0 Å². The maximum atomic E-state index is 12.3. The van der Waals surface area contributed by atoms with E-state index >= 15 is 0 Å². The van der Waals surface area contributed by atoms with Crippen molar-refractivity contribution in [2.45, 2.75) is 50.7 Å². The second-order valence-corrected chi connectivity index (χ2v) is 8.83. The van der Waals surface area contributed by atoms with Crippen LogP contribution < -0.4 is 0 Å². The van der Waals surface area contributed by atoms with Gasteiger partial charge in [-0.2, -0.15) is 0 Å². The molecule has 2 aliphatic rings. The van der Waals surface area contributed by atoms with Crippen molar-refractivity contribution in [2.75, 3.05) is 26.3 Å². The van der Waals surface area contributed by atoms with Crippen molar-refractivity contribution in [1.29, 1.82) is 0 Å². The van der Waals surface area contributed by atoms with E-state index in [2.05, 4.69) is 29.2 Å². The van der Waals surface area contributed by atoms with Gasteiger partial charge < -0.3 is 9.47 Å². The van der Waals surface area contributed by atoms with E-state index in [1.165, 1.54) is 11.1 Å². The predicted molar refractivity (Wildman–Crippen MR) is 119 cm³/mol. The van der Waals surface area contributed by atoms with Gasteiger partial charge in [-0.3, -0.25) is 9.69 Å². The average molecular weight is 428 g/mol. The second kappa shape index (κ2) is 10.4. The van der Waals surface area contributed by atoms with Crippen LogP contribution in [0.15, 0.2) is 48.5 Å². The molecule has 1 aliphatic heterocycles. The van der Waals surface area contributed by atoms with E-state index in [0.29, 0.717) is 17.4 Å². The van der Waals surface area contributed by atoms with Crippen molar-refractivity contribution < 1.29 is 14.3 Å². The zero-order valence-electron chi connectivity index (χ0n) is 17.4. The molecule has 0 N–H and O–H groups in total. The van der Waals surface area contributed by atoms with Crippen LogP contribution >= 0.6 is 11.6 Å². The summed E-state index contributed by atoms with van der Waals surface area (Å²) in [5.74, 6) is 0.418. The molecule has 1 saturated heterocycles. The van der Waals surface area contributed by atoms with Gasteiger partial charge in [0.1, 0.15) is 6.10 Å². The van der Waals surface area contributed by atoms with Crippen LogP contribution in [0.3, 0.4) is 0 Å². The summed E-state index contributed by atoms with van der Waals surface area (Å²) in [5.41, 5.74) is 3.72. The molecule has 0 spiro atoms. The van der Waals surface area contributed by atoms with Gasteiger partial charge in [-0.25, -0.2) is 0 Å². The van der Waals surface area contributed by atoms with E-state index in [0.717, 1.165) is 64.1 Å². The van der Waals surface area contributed by atoms with Crippen molar-refractivity contribution in [3.05, 3.63) is 70.2 Å². The largest absolute Gasteiger partial charge is 0.462 e. The monoisotopic (exact) mass is 427 g/mol. The first-order chi connectivity index (χ1) is 14.7. The number of ether oxygens (including phenoxy) is 2. The maximum absolute atomic E-state index is 12.3.